The number of aliphatic hydroxyl groups is 2. The first-order valence-electron chi connectivity index (χ1n) is 45.7. The maximum absolute atomic E-state index is 13.1. The minimum atomic E-state index is -4.96. The van der Waals surface area contributed by atoms with E-state index in [1.165, 1.54) is 116 Å². The summed E-state index contributed by atoms with van der Waals surface area (Å²) in [5.41, 5.74) is 0. The molecular weight excluding hydrogens is 1510 g/mol. The van der Waals surface area contributed by atoms with Crippen LogP contribution in [0.2, 0.25) is 0 Å². The van der Waals surface area contributed by atoms with Crippen LogP contribution in [-0.4, -0.2) is 95.9 Å². The first kappa shape index (κ1) is 111. The number of hydrogen-bond donors (Lipinski definition) is 4. The molecule has 0 saturated heterocycles. The summed E-state index contributed by atoms with van der Waals surface area (Å²) < 4.78 is 61.5. The smallest absolute Gasteiger partial charge is 0.463 e. The van der Waals surface area contributed by atoms with Crippen molar-refractivity contribution in [3.63, 3.8) is 0 Å². The minimum absolute atomic E-state index is 0.0676. The third-order valence-corrected chi connectivity index (χ3v) is 20.7. The fraction of sp³-hybridized carbons (Fsp3) is 0.646. The molecule has 18 heteroatoms. The van der Waals surface area contributed by atoms with Crippen LogP contribution < -0.4 is 0 Å². The van der Waals surface area contributed by atoms with Crippen LogP contribution >= 0.6 is 15.6 Å². The third-order valence-electron chi connectivity index (χ3n) is 18.8. The van der Waals surface area contributed by atoms with Gasteiger partial charge in [0, 0.05) is 19.3 Å². The maximum Gasteiger partial charge on any atom is 0.472 e. The number of phosphoric acid groups is 2. The molecule has 5 atom stereocenters. The van der Waals surface area contributed by atoms with Gasteiger partial charge < -0.3 is 34.2 Å². The molecule has 0 aromatic heterocycles. The van der Waals surface area contributed by atoms with Gasteiger partial charge in [0.05, 0.1) is 26.4 Å². The number of hydrogen-bond acceptors (Lipinski definition) is 14. The summed E-state index contributed by atoms with van der Waals surface area (Å²) in [5, 5.41) is 20.7. The van der Waals surface area contributed by atoms with Crippen molar-refractivity contribution in [2.45, 2.75) is 373 Å². The van der Waals surface area contributed by atoms with Crippen LogP contribution in [0.4, 0.5) is 0 Å². The first-order chi connectivity index (χ1) is 57.2. The van der Waals surface area contributed by atoms with E-state index in [1.54, 1.807) is 0 Å². The lowest BCUT2D eigenvalue weighted by Gasteiger charge is -2.21. The Labute approximate surface area is 712 Å². The highest BCUT2D eigenvalue weighted by atomic mass is 31.2. The monoisotopic (exact) mass is 1670 g/mol. The van der Waals surface area contributed by atoms with Crippen molar-refractivity contribution in [2.75, 3.05) is 39.6 Å². The Bertz CT molecular complexity index is 2910. The van der Waals surface area contributed by atoms with Crippen molar-refractivity contribution < 1.29 is 75.8 Å². The van der Waals surface area contributed by atoms with Crippen LogP contribution in [0, 0.1) is 0 Å². The zero-order chi connectivity index (χ0) is 85.1. The fourth-order valence-electron chi connectivity index (χ4n) is 12.0. The topological polar surface area (TPSA) is 231 Å². The summed E-state index contributed by atoms with van der Waals surface area (Å²) in [7, 11) is -9.83. The molecule has 0 amide bonds. The molecule has 666 valence electrons. The molecule has 0 saturated carbocycles. The molecule has 0 heterocycles. The van der Waals surface area contributed by atoms with E-state index in [0.29, 0.717) is 19.3 Å². The number of carbonyl (C=O) groups is 3. The van der Waals surface area contributed by atoms with Gasteiger partial charge >= 0.3 is 33.6 Å². The first-order valence-corrected chi connectivity index (χ1v) is 48.7. The lowest BCUT2D eigenvalue weighted by molar-refractivity contribution is -0.161. The van der Waals surface area contributed by atoms with Gasteiger partial charge in [-0.05, 0) is 161 Å². The van der Waals surface area contributed by atoms with Gasteiger partial charge in [0.25, 0.3) is 0 Å². The van der Waals surface area contributed by atoms with E-state index < -0.39 is 91.5 Å². The Kier molecular flexibility index (Phi) is 85.3. The maximum atomic E-state index is 13.1. The Balaban J connectivity index is 4.64. The van der Waals surface area contributed by atoms with E-state index in [2.05, 4.69) is 215 Å². The largest absolute Gasteiger partial charge is 0.472 e. The highest BCUT2D eigenvalue weighted by molar-refractivity contribution is 7.47. The Morgan fingerprint density at radius 2 is 0.427 bits per heavy atom. The normalized spacial score (nSPS) is 14.7. The van der Waals surface area contributed by atoms with Crippen LogP contribution in [0.25, 0.3) is 0 Å². The number of phosphoric ester groups is 2. The molecule has 0 spiro atoms. The summed E-state index contributed by atoms with van der Waals surface area (Å²) in [4.78, 5) is 59.0. The minimum Gasteiger partial charge on any atom is -0.463 e. The van der Waals surface area contributed by atoms with Gasteiger partial charge in [-0.25, -0.2) is 9.13 Å². The molecule has 0 fully saturated rings. The van der Waals surface area contributed by atoms with Gasteiger partial charge in [0.1, 0.15) is 25.4 Å². The molecule has 0 bridgehead atoms. The zero-order valence-electron chi connectivity index (χ0n) is 73.3. The van der Waals surface area contributed by atoms with Crippen LogP contribution in [0.15, 0.2) is 194 Å². The van der Waals surface area contributed by atoms with Crippen LogP contribution in [0.3, 0.4) is 0 Å². The quantitative estimate of drug-likeness (QED) is 0.0146. The second-order valence-corrected chi connectivity index (χ2v) is 32.9. The predicted molar refractivity (Wildman–Crippen MR) is 491 cm³/mol. The van der Waals surface area contributed by atoms with Crippen LogP contribution in [0.5, 0.6) is 0 Å². The van der Waals surface area contributed by atoms with E-state index in [0.717, 1.165) is 180 Å². The average Bonchev–Trinajstić information content (AvgIpc) is 0.898. The molecule has 0 aliphatic carbocycles. The molecule has 0 rings (SSSR count). The van der Waals surface area contributed by atoms with E-state index in [4.69, 9.17) is 32.3 Å². The van der Waals surface area contributed by atoms with Crippen molar-refractivity contribution in [3.05, 3.63) is 194 Å². The molecule has 5 unspecified atom stereocenters. The van der Waals surface area contributed by atoms with Gasteiger partial charge in [-0.3, -0.25) is 32.5 Å². The summed E-state index contributed by atoms with van der Waals surface area (Å²) in [5.74, 6) is -1.61. The molecule has 0 aliphatic rings. The number of rotatable bonds is 85. The number of aliphatic hydroxyl groups excluding tert-OH is 2. The van der Waals surface area contributed by atoms with Gasteiger partial charge in [0.15, 0.2) is 6.10 Å². The molecular formula is C99H164O16P2. The lowest BCUT2D eigenvalue weighted by atomic mass is 10.0. The molecule has 4 N–H and O–H groups in total. The van der Waals surface area contributed by atoms with Crippen molar-refractivity contribution in [1.82, 2.24) is 0 Å². The second-order valence-electron chi connectivity index (χ2n) is 30.0. The summed E-state index contributed by atoms with van der Waals surface area (Å²) >= 11 is 0. The standard InChI is InChI=1S/C99H164O16P2/c1-4-7-10-13-16-19-22-25-28-31-34-37-40-42-44-45-46-47-49-51-53-55-58-61-64-67-70-73-76-79-82-85-97(102)109-88-94(100)89-111-116(105,106)112-90-95(101)91-113-117(107,108)114-93-96(115-99(104)87-84-81-78-75-72-69-66-63-60-57-52-39-36-33-30-27-24-21-18-15-12-9-6-3)92-110-98(103)86-83-80-77-74-71-68-65-62-59-56-54-50-48-43-41-38-35-32-29-26-23-20-17-14-11-8-5-2/h7-12,16-21,25-30,34-39,42-44,48,57,60,66,69,94-96,100-101H,4-6,13-15,22-24,31-33,40-41,45-47,49-56,58-59,61-65,67-68,70-93H2,1-3H3,(H,105,106)(H,107,108)/b10-7-,11-8-,12-9-,19-16-,20-17-,21-18-,28-25-,29-26-,30-27-,37-34-,38-35-,39-36-,44-42-,48-43-,60-57-,69-66-. The van der Waals surface area contributed by atoms with Gasteiger partial charge in [0.2, 0.25) is 0 Å². The van der Waals surface area contributed by atoms with Crippen molar-refractivity contribution in [1.29, 1.82) is 0 Å². The lowest BCUT2D eigenvalue weighted by Crippen LogP contribution is -2.30. The van der Waals surface area contributed by atoms with E-state index in [9.17, 15) is 43.5 Å². The molecule has 0 radical (unpaired) electrons. The van der Waals surface area contributed by atoms with Crippen LogP contribution in [-0.2, 0) is 55.8 Å². The molecule has 0 aliphatic heterocycles. The van der Waals surface area contributed by atoms with Crippen LogP contribution in [0.1, 0.15) is 355 Å². The Morgan fingerprint density at radius 3 is 0.675 bits per heavy atom. The van der Waals surface area contributed by atoms with Gasteiger partial charge in [-0.2, -0.15) is 0 Å². The Morgan fingerprint density at radius 1 is 0.239 bits per heavy atom. The van der Waals surface area contributed by atoms with Crippen molar-refractivity contribution >= 4 is 33.6 Å². The fourth-order valence-corrected chi connectivity index (χ4v) is 13.6. The van der Waals surface area contributed by atoms with Crippen molar-refractivity contribution in [2.24, 2.45) is 0 Å². The number of unbranched alkanes of at least 4 members (excludes halogenated alkanes) is 30. The summed E-state index contributed by atoms with van der Waals surface area (Å²) in [6.45, 7) is 2.33. The zero-order valence-corrected chi connectivity index (χ0v) is 75.1. The van der Waals surface area contributed by atoms with E-state index >= 15 is 0 Å². The highest BCUT2D eigenvalue weighted by Crippen LogP contribution is 2.45. The van der Waals surface area contributed by atoms with Gasteiger partial charge in [-0.1, -0.05) is 369 Å². The third kappa shape index (κ3) is 91.0. The van der Waals surface area contributed by atoms with E-state index in [-0.39, 0.29) is 19.3 Å². The SMILES string of the molecule is CC/C=C\C/C=C\C/C=C\C/C=C\C/C=C\C/C=C\CCCCCCC(=O)OC(COC(=O)CCCCCCCCCCCCC/C=C\C/C=C\C/C=C\C/C=C\C/C=C\CC)COP(=O)(O)OCC(O)COP(=O)(O)OCC(O)COC(=O)CCCCCCCCCCCCCCCCC/C=C\C/C=C\C/C=C\C/C=C\C/C=C\CC. The number of allylic oxidation sites excluding steroid dienone is 32. The summed E-state index contributed by atoms with van der Waals surface area (Å²) in [6.07, 6.45) is 119. The Hall–Kier alpha value is -5.61. The van der Waals surface area contributed by atoms with Gasteiger partial charge in [-0.15, -0.1) is 0 Å². The number of esters is 3. The molecule has 16 nitrogen and oxygen atoms in total. The summed E-state index contributed by atoms with van der Waals surface area (Å²) in [6, 6.07) is 0. The van der Waals surface area contributed by atoms with E-state index in [1.807, 2.05) is 0 Å². The highest BCUT2D eigenvalue weighted by Gasteiger charge is 2.29. The predicted octanol–water partition coefficient (Wildman–Crippen LogP) is 28.2. The van der Waals surface area contributed by atoms with Crippen molar-refractivity contribution in [3.8, 4) is 0 Å². The number of carbonyl (C=O) groups excluding carboxylic acids is 3. The second kappa shape index (κ2) is 89.6. The molecule has 0 aromatic rings. The molecule has 0 aromatic carbocycles. The molecule has 117 heavy (non-hydrogen) atoms. The average molecular weight is 1670 g/mol. The number of ether oxygens (including phenoxy) is 3.